The van der Waals surface area contributed by atoms with Crippen LogP contribution in [0.25, 0.3) is 0 Å². The molecular formula is C13H17NO4. The van der Waals surface area contributed by atoms with Crippen LogP contribution in [-0.4, -0.2) is 22.2 Å². The van der Waals surface area contributed by atoms with E-state index in [1.54, 1.807) is 19.1 Å². The number of nitrogens with zero attached hydrogens (tertiary/aromatic N) is 1. The molecule has 1 N–H and O–H groups in total. The van der Waals surface area contributed by atoms with Crippen molar-refractivity contribution in [3.63, 3.8) is 0 Å². The van der Waals surface area contributed by atoms with Crippen LogP contribution in [0.4, 0.5) is 5.69 Å². The fourth-order valence-electron chi connectivity index (χ4n) is 2.14. The second-order valence-corrected chi connectivity index (χ2v) is 5.36. The number of hydrogen-bond donors (Lipinski definition) is 1. The molecule has 0 aromatic heterocycles. The minimum atomic E-state index is -0.440. The summed E-state index contributed by atoms with van der Waals surface area (Å²) in [6.07, 6.45) is -0.0868. The summed E-state index contributed by atoms with van der Waals surface area (Å²) in [4.78, 5) is 10.5. The summed E-state index contributed by atoms with van der Waals surface area (Å²) in [5.41, 5.74) is 0.351. The molecule has 0 bridgehead atoms. The maximum absolute atomic E-state index is 11.0. The SMILES string of the molecule is Cc1cccc([N+](=O)[O-])c1OC1CC(O)C1(C)C. The van der Waals surface area contributed by atoms with Gasteiger partial charge in [0, 0.05) is 17.9 Å². The van der Waals surface area contributed by atoms with Gasteiger partial charge in [-0.05, 0) is 12.5 Å². The van der Waals surface area contributed by atoms with Gasteiger partial charge in [-0.1, -0.05) is 26.0 Å². The van der Waals surface area contributed by atoms with E-state index < -0.39 is 11.0 Å². The van der Waals surface area contributed by atoms with Crippen molar-refractivity contribution in [3.8, 4) is 5.75 Å². The van der Waals surface area contributed by atoms with Crippen LogP contribution in [-0.2, 0) is 0 Å². The van der Waals surface area contributed by atoms with E-state index in [4.69, 9.17) is 4.74 Å². The van der Waals surface area contributed by atoms with E-state index in [1.807, 2.05) is 13.8 Å². The normalized spacial score (nSPS) is 25.3. The fourth-order valence-corrected chi connectivity index (χ4v) is 2.14. The lowest BCUT2D eigenvalue weighted by Gasteiger charge is -2.48. The van der Waals surface area contributed by atoms with E-state index in [0.717, 1.165) is 5.56 Å². The van der Waals surface area contributed by atoms with Gasteiger partial charge in [-0.3, -0.25) is 10.1 Å². The summed E-state index contributed by atoms with van der Waals surface area (Å²) < 4.78 is 5.76. The van der Waals surface area contributed by atoms with Crippen LogP contribution >= 0.6 is 0 Å². The van der Waals surface area contributed by atoms with Crippen LogP contribution in [0.3, 0.4) is 0 Å². The monoisotopic (exact) mass is 251 g/mol. The quantitative estimate of drug-likeness (QED) is 0.661. The van der Waals surface area contributed by atoms with Gasteiger partial charge in [-0.15, -0.1) is 0 Å². The number of benzene rings is 1. The molecule has 2 unspecified atom stereocenters. The zero-order valence-electron chi connectivity index (χ0n) is 10.7. The van der Waals surface area contributed by atoms with Crippen molar-refractivity contribution in [1.29, 1.82) is 0 Å². The standard InChI is InChI=1S/C13H17NO4/c1-8-5-4-6-9(14(16)17)12(8)18-11-7-10(15)13(11,2)3/h4-6,10-11,15H,7H2,1-3H3. The molecule has 1 aromatic rings. The molecule has 2 atom stereocenters. The van der Waals surface area contributed by atoms with Crippen molar-refractivity contribution in [3.05, 3.63) is 33.9 Å². The number of rotatable bonds is 3. The molecular weight excluding hydrogens is 234 g/mol. The number of para-hydroxylation sites is 1. The molecule has 0 spiro atoms. The second-order valence-electron chi connectivity index (χ2n) is 5.36. The Labute approximate surface area is 106 Å². The number of hydrogen-bond acceptors (Lipinski definition) is 4. The molecule has 5 nitrogen and oxygen atoms in total. The molecule has 1 aliphatic carbocycles. The molecule has 98 valence electrons. The number of nitro benzene ring substituents is 1. The van der Waals surface area contributed by atoms with E-state index >= 15 is 0 Å². The van der Waals surface area contributed by atoms with Crippen molar-refractivity contribution in [2.24, 2.45) is 5.41 Å². The lowest BCUT2D eigenvalue weighted by Crippen LogP contribution is -2.56. The lowest BCUT2D eigenvalue weighted by molar-refractivity contribution is -0.386. The summed E-state index contributed by atoms with van der Waals surface area (Å²) in [7, 11) is 0. The summed E-state index contributed by atoms with van der Waals surface area (Å²) in [5, 5.41) is 20.6. The first-order valence-corrected chi connectivity index (χ1v) is 5.92. The third-order valence-corrected chi connectivity index (χ3v) is 3.77. The van der Waals surface area contributed by atoms with Crippen LogP contribution in [0.15, 0.2) is 18.2 Å². The number of aliphatic hydroxyl groups excluding tert-OH is 1. The van der Waals surface area contributed by atoms with E-state index in [1.165, 1.54) is 6.07 Å². The average molecular weight is 251 g/mol. The Kier molecular flexibility index (Phi) is 3.02. The van der Waals surface area contributed by atoms with Crippen LogP contribution < -0.4 is 4.74 Å². The first-order valence-electron chi connectivity index (χ1n) is 5.92. The number of ether oxygens (including phenoxy) is 1. The molecule has 0 amide bonds. The first-order chi connectivity index (χ1) is 8.34. The number of aliphatic hydroxyl groups is 1. The molecule has 0 saturated heterocycles. The maximum Gasteiger partial charge on any atom is 0.311 e. The predicted octanol–water partition coefficient (Wildman–Crippen LogP) is 2.44. The van der Waals surface area contributed by atoms with Gasteiger partial charge in [0.1, 0.15) is 6.10 Å². The Morgan fingerprint density at radius 3 is 2.67 bits per heavy atom. The zero-order valence-corrected chi connectivity index (χ0v) is 10.7. The zero-order chi connectivity index (χ0) is 13.5. The Morgan fingerprint density at radius 2 is 2.17 bits per heavy atom. The highest BCUT2D eigenvalue weighted by atomic mass is 16.6. The van der Waals surface area contributed by atoms with Gasteiger partial charge in [0.25, 0.3) is 0 Å². The van der Waals surface area contributed by atoms with Crippen LogP contribution in [0.1, 0.15) is 25.8 Å². The van der Waals surface area contributed by atoms with Gasteiger partial charge in [-0.2, -0.15) is 0 Å². The lowest BCUT2D eigenvalue weighted by atomic mass is 9.66. The molecule has 1 aromatic carbocycles. The molecule has 1 aliphatic rings. The van der Waals surface area contributed by atoms with E-state index in [-0.39, 0.29) is 17.2 Å². The van der Waals surface area contributed by atoms with Crippen molar-refractivity contribution in [2.75, 3.05) is 0 Å². The fraction of sp³-hybridized carbons (Fsp3) is 0.538. The highest BCUT2D eigenvalue weighted by Gasteiger charge is 2.49. The molecule has 0 heterocycles. The van der Waals surface area contributed by atoms with E-state index in [9.17, 15) is 15.2 Å². The minimum Gasteiger partial charge on any atom is -0.483 e. The second kappa shape index (κ2) is 4.24. The third kappa shape index (κ3) is 1.95. The van der Waals surface area contributed by atoms with Crippen LogP contribution in [0.5, 0.6) is 5.75 Å². The van der Waals surface area contributed by atoms with Gasteiger partial charge in [0.2, 0.25) is 0 Å². The summed E-state index contributed by atoms with van der Waals surface area (Å²) in [6, 6.07) is 4.86. The minimum absolute atomic E-state index is 0.0211. The molecule has 1 fully saturated rings. The molecule has 0 radical (unpaired) electrons. The number of aryl methyl sites for hydroxylation is 1. The Balaban J connectivity index is 2.27. The van der Waals surface area contributed by atoms with Gasteiger partial charge in [0.15, 0.2) is 5.75 Å². The Hall–Kier alpha value is -1.62. The summed E-state index contributed by atoms with van der Waals surface area (Å²) >= 11 is 0. The van der Waals surface area contributed by atoms with Crippen LogP contribution in [0.2, 0.25) is 0 Å². The van der Waals surface area contributed by atoms with Crippen molar-refractivity contribution in [1.82, 2.24) is 0 Å². The average Bonchev–Trinajstić information content (AvgIpc) is 2.30. The number of nitro groups is 1. The largest absolute Gasteiger partial charge is 0.483 e. The van der Waals surface area contributed by atoms with Gasteiger partial charge >= 0.3 is 5.69 Å². The Bertz CT molecular complexity index is 484. The highest BCUT2D eigenvalue weighted by Crippen LogP contribution is 2.44. The van der Waals surface area contributed by atoms with Gasteiger partial charge in [-0.25, -0.2) is 0 Å². The van der Waals surface area contributed by atoms with E-state index in [2.05, 4.69) is 0 Å². The molecule has 0 aliphatic heterocycles. The van der Waals surface area contributed by atoms with Crippen molar-refractivity contribution in [2.45, 2.75) is 39.4 Å². The Morgan fingerprint density at radius 1 is 1.50 bits per heavy atom. The smallest absolute Gasteiger partial charge is 0.311 e. The molecule has 5 heteroatoms. The van der Waals surface area contributed by atoms with Crippen molar-refractivity contribution < 1.29 is 14.8 Å². The first kappa shape index (κ1) is 12.8. The highest BCUT2D eigenvalue weighted by molar-refractivity contribution is 5.51. The van der Waals surface area contributed by atoms with Crippen LogP contribution in [0, 0.1) is 22.5 Å². The van der Waals surface area contributed by atoms with E-state index in [0.29, 0.717) is 12.2 Å². The van der Waals surface area contributed by atoms with Gasteiger partial charge in [0.05, 0.1) is 11.0 Å². The molecule has 1 saturated carbocycles. The molecule has 18 heavy (non-hydrogen) atoms. The third-order valence-electron chi connectivity index (χ3n) is 3.77. The predicted molar refractivity (Wildman–Crippen MR) is 66.7 cm³/mol. The summed E-state index contributed by atoms with van der Waals surface area (Å²) in [6.45, 7) is 5.58. The van der Waals surface area contributed by atoms with Crippen molar-refractivity contribution >= 4 is 5.69 Å². The van der Waals surface area contributed by atoms with Gasteiger partial charge < -0.3 is 9.84 Å². The summed E-state index contributed by atoms with van der Waals surface area (Å²) in [5.74, 6) is 0.312. The molecule has 2 rings (SSSR count). The maximum atomic E-state index is 11.0. The topological polar surface area (TPSA) is 72.6 Å².